The van der Waals surface area contributed by atoms with Crippen molar-refractivity contribution in [3.05, 3.63) is 35.3 Å². The lowest BCUT2D eigenvalue weighted by Crippen LogP contribution is -2.16. The first-order valence-electron chi connectivity index (χ1n) is 4.97. The van der Waals surface area contributed by atoms with E-state index in [1.165, 1.54) is 0 Å². The summed E-state index contributed by atoms with van der Waals surface area (Å²) in [5.41, 5.74) is 1.18. The Morgan fingerprint density at radius 2 is 1.93 bits per heavy atom. The second kappa shape index (κ2) is 3.19. The molecule has 0 aromatic heterocycles. The van der Waals surface area contributed by atoms with Crippen molar-refractivity contribution in [3.63, 3.8) is 0 Å². The van der Waals surface area contributed by atoms with E-state index >= 15 is 0 Å². The molecule has 0 aromatic carbocycles. The molecule has 1 saturated heterocycles. The molecule has 1 fully saturated rings. The van der Waals surface area contributed by atoms with E-state index in [1.807, 2.05) is 0 Å². The fourth-order valence-electron chi connectivity index (χ4n) is 1.65. The Kier molecular flexibility index (Phi) is 2.14. The summed E-state index contributed by atoms with van der Waals surface area (Å²) in [6.07, 6.45) is 6.40. The maximum absolute atomic E-state index is 5.61. The van der Waals surface area contributed by atoms with Crippen LogP contribution in [0, 0.1) is 5.41 Å². The van der Waals surface area contributed by atoms with E-state index in [1.54, 1.807) is 0 Å². The van der Waals surface area contributed by atoms with Crippen LogP contribution in [-0.2, 0) is 9.47 Å². The van der Waals surface area contributed by atoms with Gasteiger partial charge in [0.25, 0.3) is 0 Å². The van der Waals surface area contributed by atoms with Gasteiger partial charge in [-0.15, -0.1) is 0 Å². The van der Waals surface area contributed by atoms with Gasteiger partial charge in [-0.3, -0.25) is 0 Å². The second-order valence-electron chi connectivity index (χ2n) is 4.37. The highest BCUT2D eigenvalue weighted by Gasteiger charge is 2.23. The Morgan fingerprint density at radius 1 is 1.21 bits per heavy atom. The summed E-state index contributed by atoms with van der Waals surface area (Å²) < 4.78 is 11.2. The molecular weight excluding hydrogens is 176 g/mol. The summed E-state index contributed by atoms with van der Waals surface area (Å²) in [5.74, 6) is 1.79. The fraction of sp³-hybridized carbons (Fsp3) is 0.500. The smallest absolute Gasteiger partial charge is 0.163 e. The number of hydrogen-bond acceptors (Lipinski definition) is 2. The van der Waals surface area contributed by atoms with Gasteiger partial charge >= 0.3 is 0 Å². The molecule has 0 spiro atoms. The van der Waals surface area contributed by atoms with Crippen LogP contribution in [0.15, 0.2) is 35.3 Å². The molecule has 2 nitrogen and oxygen atoms in total. The van der Waals surface area contributed by atoms with Crippen molar-refractivity contribution < 1.29 is 9.47 Å². The second-order valence-corrected chi connectivity index (χ2v) is 4.37. The molecule has 0 bridgehead atoms. The Balaban J connectivity index is 2.44. The summed E-state index contributed by atoms with van der Waals surface area (Å²) in [5, 5.41) is 0. The number of fused-ring (bicyclic) bond motifs is 1. The predicted octanol–water partition coefficient (Wildman–Crippen LogP) is 2.79. The number of allylic oxidation sites excluding steroid dienone is 4. The molecule has 0 N–H and O–H groups in total. The summed E-state index contributed by atoms with van der Waals surface area (Å²) in [4.78, 5) is 0. The van der Waals surface area contributed by atoms with Crippen LogP contribution in [0.1, 0.15) is 20.8 Å². The van der Waals surface area contributed by atoms with Crippen molar-refractivity contribution in [1.29, 1.82) is 0 Å². The van der Waals surface area contributed by atoms with Crippen LogP contribution in [0.3, 0.4) is 0 Å². The largest absolute Gasteiger partial charge is 0.486 e. The minimum Gasteiger partial charge on any atom is -0.486 e. The molecule has 2 rings (SSSR count). The number of ether oxygens (including phenoxy) is 2. The van der Waals surface area contributed by atoms with Crippen LogP contribution in [-0.4, -0.2) is 13.2 Å². The van der Waals surface area contributed by atoms with Crippen molar-refractivity contribution in [3.8, 4) is 0 Å². The van der Waals surface area contributed by atoms with Gasteiger partial charge in [0.1, 0.15) is 13.2 Å². The Hall–Kier alpha value is -1.18. The Morgan fingerprint density at radius 3 is 2.71 bits per heavy atom. The molecule has 0 unspecified atom stereocenters. The van der Waals surface area contributed by atoms with E-state index in [0.29, 0.717) is 13.2 Å². The van der Waals surface area contributed by atoms with Crippen molar-refractivity contribution in [2.75, 3.05) is 13.2 Å². The molecule has 1 aliphatic heterocycles. The topological polar surface area (TPSA) is 18.5 Å². The highest BCUT2D eigenvalue weighted by Crippen LogP contribution is 2.32. The van der Waals surface area contributed by atoms with Crippen LogP contribution in [0.2, 0.25) is 0 Å². The summed E-state index contributed by atoms with van der Waals surface area (Å²) in [6.45, 7) is 7.67. The molecule has 0 saturated carbocycles. The zero-order valence-electron chi connectivity index (χ0n) is 8.96. The molecule has 1 aliphatic carbocycles. The minimum absolute atomic E-state index is 0.0407. The quantitative estimate of drug-likeness (QED) is 0.587. The molecule has 0 atom stereocenters. The number of rotatable bonds is 0. The van der Waals surface area contributed by atoms with E-state index in [2.05, 4.69) is 39.0 Å². The van der Waals surface area contributed by atoms with Crippen LogP contribution >= 0.6 is 0 Å². The van der Waals surface area contributed by atoms with Gasteiger partial charge in [0.05, 0.1) is 0 Å². The lowest BCUT2D eigenvalue weighted by Gasteiger charge is -2.23. The molecule has 0 amide bonds. The normalized spacial score (nSPS) is 24.4. The van der Waals surface area contributed by atoms with E-state index < -0.39 is 0 Å². The van der Waals surface area contributed by atoms with Gasteiger partial charge in [-0.2, -0.15) is 0 Å². The maximum atomic E-state index is 5.61. The van der Waals surface area contributed by atoms with Crippen molar-refractivity contribution >= 4 is 0 Å². The molecule has 0 radical (unpaired) electrons. The lowest BCUT2D eigenvalue weighted by molar-refractivity contribution is 0.0569. The Bertz CT molecular complexity index is 332. The highest BCUT2D eigenvalue weighted by molar-refractivity contribution is 5.38. The highest BCUT2D eigenvalue weighted by atomic mass is 16.6. The van der Waals surface area contributed by atoms with Crippen molar-refractivity contribution in [2.45, 2.75) is 20.8 Å². The van der Waals surface area contributed by atoms with Crippen LogP contribution < -0.4 is 0 Å². The predicted molar refractivity (Wildman–Crippen MR) is 55.6 cm³/mol. The van der Waals surface area contributed by atoms with Gasteiger partial charge in [0.2, 0.25) is 0 Å². The molecule has 2 heteroatoms. The summed E-state index contributed by atoms with van der Waals surface area (Å²) in [6, 6.07) is 0. The van der Waals surface area contributed by atoms with E-state index in [4.69, 9.17) is 9.47 Å². The Labute approximate surface area is 84.9 Å². The summed E-state index contributed by atoms with van der Waals surface area (Å²) >= 11 is 0. The minimum atomic E-state index is 0.0407. The molecule has 14 heavy (non-hydrogen) atoms. The van der Waals surface area contributed by atoms with Crippen LogP contribution in [0.5, 0.6) is 0 Å². The molecule has 0 aromatic rings. The monoisotopic (exact) mass is 192 g/mol. The first-order chi connectivity index (χ1) is 6.58. The van der Waals surface area contributed by atoms with Gasteiger partial charge in [0, 0.05) is 5.41 Å². The fourth-order valence-corrected chi connectivity index (χ4v) is 1.65. The average molecular weight is 192 g/mol. The number of hydrogen-bond donors (Lipinski definition) is 0. The maximum Gasteiger partial charge on any atom is 0.163 e. The standard InChI is InChI=1S/C12H16O2/c1-9-4-5-12(2,3)8-10-11(9)14-7-6-13-10/h4-5,8H,6-7H2,1-3H3. The average Bonchev–Trinajstić information content (AvgIpc) is 2.25. The van der Waals surface area contributed by atoms with Gasteiger partial charge in [-0.05, 0) is 18.6 Å². The summed E-state index contributed by atoms with van der Waals surface area (Å²) in [7, 11) is 0. The molecule has 2 aliphatic rings. The third-order valence-corrected chi connectivity index (χ3v) is 2.44. The van der Waals surface area contributed by atoms with Gasteiger partial charge in [-0.25, -0.2) is 0 Å². The van der Waals surface area contributed by atoms with Crippen LogP contribution in [0.25, 0.3) is 0 Å². The molecular formula is C12H16O2. The van der Waals surface area contributed by atoms with E-state index in [0.717, 1.165) is 17.1 Å². The molecule has 1 heterocycles. The molecule has 76 valence electrons. The first kappa shape index (κ1) is 9.38. The van der Waals surface area contributed by atoms with Crippen molar-refractivity contribution in [1.82, 2.24) is 0 Å². The van der Waals surface area contributed by atoms with E-state index in [9.17, 15) is 0 Å². The first-order valence-corrected chi connectivity index (χ1v) is 4.97. The van der Waals surface area contributed by atoms with Crippen LogP contribution in [0.4, 0.5) is 0 Å². The van der Waals surface area contributed by atoms with Gasteiger partial charge in [0.15, 0.2) is 11.5 Å². The van der Waals surface area contributed by atoms with Gasteiger partial charge < -0.3 is 9.47 Å². The lowest BCUT2D eigenvalue weighted by atomic mass is 9.93. The SMILES string of the molecule is CC1=C2OCCOC2=CC(C)(C)C=C1. The van der Waals surface area contributed by atoms with Gasteiger partial charge in [-0.1, -0.05) is 26.0 Å². The zero-order chi connectivity index (χ0) is 10.2. The third kappa shape index (κ3) is 1.69. The van der Waals surface area contributed by atoms with Crippen molar-refractivity contribution in [2.24, 2.45) is 5.41 Å². The van der Waals surface area contributed by atoms with E-state index in [-0.39, 0.29) is 5.41 Å². The zero-order valence-corrected chi connectivity index (χ0v) is 8.96. The third-order valence-electron chi connectivity index (χ3n) is 2.44.